The minimum atomic E-state index is -3.20. The summed E-state index contributed by atoms with van der Waals surface area (Å²) in [7, 11) is -1.66. The second-order valence-corrected chi connectivity index (χ2v) is 6.46. The van der Waals surface area contributed by atoms with Gasteiger partial charge in [-0.1, -0.05) is 0 Å². The number of rotatable bonds is 5. The van der Waals surface area contributed by atoms with Crippen molar-refractivity contribution in [1.82, 2.24) is 9.97 Å². The molecule has 3 N–H and O–H groups in total. The molecular formula is C13H16N4O3S. The van der Waals surface area contributed by atoms with E-state index >= 15 is 0 Å². The fourth-order valence-electron chi connectivity index (χ4n) is 1.71. The molecule has 21 heavy (non-hydrogen) atoms. The smallest absolute Gasteiger partial charge is 0.175 e. The highest BCUT2D eigenvalue weighted by Gasteiger charge is 2.07. The number of anilines is 3. The van der Waals surface area contributed by atoms with E-state index in [4.69, 9.17) is 10.5 Å². The molecule has 1 aromatic heterocycles. The predicted octanol–water partition coefficient (Wildman–Crippen LogP) is 1.35. The molecule has 0 aliphatic heterocycles. The SMILES string of the molecule is COCc1nc(N)cc(Nc2ccc(S(C)(=O)=O)cc2)n1. The second-order valence-electron chi connectivity index (χ2n) is 4.45. The van der Waals surface area contributed by atoms with Gasteiger partial charge < -0.3 is 15.8 Å². The number of nitrogens with one attached hydrogen (secondary N) is 1. The maximum atomic E-state index is 11.4. The zero-order valence-electron chi connectivity index (χ0n) is 11.7. The quantitative estimate of drug-likeness (QED) is 0.858. The van der Waals surface area contributed by atoms with Gasteiger partial charge in [-0.15, -0.1) is 0 Å². The van der Waals surface area contributed by atoms with Crippen LogP contribution in [-0.4, -0.2) is 31.8 Å². The summed E-state index contributed by atoms with van der Waals surface area (Å²) in [5, 5.41) is 3.04. The number of hydrogen-bond acceptors (Lipinski definition) is 7. The molecule has 0 bridgehead atoms. The summed E-state index contributed by atoms with van der Waals surface area (Å²) in [5.41, 5.74) is 6.40. The van der Waals surface area contributed by atoms with Crippen molar-refractivity contribution in [3.05, 3.63) is 36.2 Å². The van der Waals surface area contributed by atoms with E-state index < -0.39 is 9.84 Å². The number of ether oxygens (including phenoxy) is 1. The van der Waals surface area contributed by atoms with Gasteiger partial charge in [-0.3, -0.25) is 0 Å². The van der Waals surface area contributed by atoms with E-state index in [0.717, 1.165) is 6.26 Å². The van der Waals surface area contributed by atoms with Crippen molar-refractivity contribution in [3.63, 3.8) is 0 Å². The van der Waals surface area contributed by atoms with Crippen LogP contribution in [0.5, 0.6) is 0 Å². The van der Waals surface area contributed by atoms with E-state index in [0.29, 0.717) is 23.1 Å². The van der Waals surface area contributed by atoms with E-state index in [2.05, 4.69) is 15.3 Å². The molecule has 0 aliphatic carbocycles. The first kappa shape index (κ1) is 15.2. The van der Waals surface area contributed by atoms with Crippen LogP contribution in [0.15, 0.2) is 35.2 Å². The lowest BCUT2D eigenvalue weighted by Crippen LogP contribution is -2.04. The average molecular weight is 308 g/mol. The summed E-state index contributed by atoms with van der Waals surface area (Å²) in [6.45, 7) is 0.257. The molecule has 1 aromatic carbocycles. The standard InChI is InChI=1S/C13H16N4O3S/c1-20-8-13-16-11(14)7-12(17-13)15-9-3-5-10(6-4-9)21(2,18)19/h3-7H,8H2,1-2H3,(H3,14,15,16,17). The molecule has 0 spiro atoms. The molecule has 0 amide bonds. The summed E-state index contributed by atoms with van der Waals surface area (Å²) in [6, 6.07) is 7.95. The van der Waals surface area contributed by atoms with Crippen LogP contribution in [0.3, 0.4) is 0 Å². The normalized spacial score (nSPS) is 11.3. The Kier molecular flexibility index (Phi) is 4.39. The molecular weight excluding hydrogens is 292 g/mol. The molecule has 0 saturated carbocycles. The van der Waals surface area contributed by atoms with Gasteiger partial charge in [-0.25, -0.2) is 18.4 Å². The lowest BCUT2D eigenvalue weighted by Gasteiger charge is -2.08. The van der Waals surface area contributed by atoms with Gasteiger partial charge in [-0.05, 0) is 24.3 Å². The van der Waals surface area contributed by atoms with Crippen LogP contribution in [0.4, 0.5) is 17.3 Å². The predicted molar refractivity (Wildman–Crippen MR) is 80.0 cm³/mol. The van der Waals surface area contributed by atoms with Crippen LogP contribution in [0.25, 0.3) is 0 Å². The summed E-state index contributed by atoms with van der Waals surface area (Å²) in [6.07, 6.45) is 1.16. The van der Waals surface area contributed by atoms with Crippen molar-refractivity contribution >= 4 is 27.2 Å². The van der Waals surface area contributed by atoms with E-state index in [1.54, 1.807) is 25.3 Å². The van der Waals surface area contributed by atoms with Crippen LogP contribution >= 0.6 is 0 Å². The highest BCUT2D eigenvalue weighted by Crippen LogP contribution is 2.19. The Morgan fingerprint density at radius 2 is 1.90 bits per heavy atom. The summed E-state index contributed by atoms with van der Waals surface area (Å²) in [4.78, 5) is 8.54. The van der Waals surface area contributed by atoms with E-state index in [1.807, 2.05) is 0 Å². The lowest BCUT2D eigenvalue weighted by atomic mass is 10.3. The van der Waals surface area contributed by atoms with E-state index in [-0.39, 0.29) is 11.5 Å². The van der Waals surface area contributed by atoms with Crippen LogP contribution in [-0.2, 0) is 21.2 Å². The zero-order chi connectivity index (χ0) is 15.5. The molecule has 2 aromatic rings. The first-order chi connectivity index (χ1) is 9.88. The minimum Gasteiger partial charge on any atom is -0.384 e. The summed E-state index contributed by atoms with van der Waals surface area (Å²) in [5.74, 6) is 1.31. The molecule has 0 saturated heterocycles. The topological polar surface area (TPSA) is 107 Å². The number of nitrogens with two attached hydrogens (primary N) is 1. The number of sulfone groups is 1. The van der Waals surface area contributed by atoms with Crippen LogP contribution in [0.1, 0.15) is 5.82 Å². The van der Waals surface area contributed by atoms with Gasteiger partial charge in [-0.2, -0.15) is 0 Å². The molecule has 112 valence electrons. The first-order valence-electron chi connectivity index (χ1n) is 6.08. The van der Waals surface area contributed by atoms with Gasteiger partial charge in [0.1, 0.15) is 18.2 Å². The Bertz CT molecular complexity index is 730. The van der Waals surface area contributed by atoms with Crippen molar-refractivity contribution < 1.29 is 13.2 Å². The van der Waals surface area contributed by atoms with Crippen molar-refractivity contribution in [2.24, 2.45) is 0 Å². The Hall–Kier alpha value is -2.19. The average Bonchev–Trinajstić information content (AvgIpc) is 2.38. The molecule has 8 heteroatoms. The van der Waals surface area contributed by atoms with Crippen molar-refractivity contribution in [3.8, 4) is 0 Å². The van der Waals surface area contributed by atoms with E-state index in [9.17, 15) is 8.42 Å². The van der Waals surface area contributed by atoms with Crippen molar-refractivity contribution in [2.45, 2.75) is 11.5 Å². The summed E-state index contributed by atoms with van der Waals surface area (Å²) < 4.78 is 27.8. The van der Waals surface area contributed by atoms with Gasteiger partial charge in [0.05, 0.1) is 4.90 Å². The van der Waals surface area contributed by atoms with E-state index in [1.165, 1.54) is 12.1 Å². The van der Waals surface area contributed by atoms with Gasteiger partial charge in [0, 0.05) is 25.1 Å². The van der Waals surface area contributed by atoms with Gasteiger partial charge in [0.25, 0.3) is 0 Å². The zero-order valence-corrected chi connectivity index (χ0v) is 12.5. The van der Waals surface area contributed by atoms with Crippen molar-refractivity contribution in [2.75, 3.05) is 24.4 Å². The molecule has 0 atom stereocenters. The van der Waals surface area contributed by atoms with Gasteiger partial charge >= 0.3 is 0 Å². The molecule has 0 aliphatic rings. The van der Waals surface area contributed by atoms with Crippen LogP contribution in [0, 0.1) is 0 Å². The summed E-state index contributed by atoms with van der Waals surface area (Å²) >= 11 is 0. The monoisotopic (exact) mass is 308 g/mol. The molecule has 7 nitrogen and oxygen atoms in total. The Labute approximate surface area is 123 Å². The maximum Gasteiger partial charge on any atom is 0.175 e. The number of nitrogens with zero attached hydrogens (tertiary/aromatic N) is 2. The molecule has 0 unspecified atom stereocenters. The van der Waals surface area contributed by atoms with Crippen LogP contribution < -0.4 is 11.1 Å². The molecule has 2 rings (SSSR count). The third-order valence-electron chi connectivity index (χ3n) is 2.62. The maximum absolute atomic E-state index is 11.4. The fourth-order valence-corrected chi connectivity index (χ4v) is 2.34. The Morgan fingerprint density at radius 1 is 1.24 bits per heavy atom. The van der Waals surface area contributed by atoms with Gasteiger partial charge in [0.2, 0.25) is 0 Å². The number of hydrogen-bond donors (Lipinski definition) is 2. The van der Waals surface area contributed by atoms with Gasteiger partial charge in [0.15, 0.2) is 15.7 Å². The van der Waals surface area contributed by atoms with Crippen molar-refractivity contribution in [1.29, 1.82) is 0 Å². The second kappa shape index (κ2) is 6.06. The Morgan fingerprint density at radius 3 is 2.48 bits per heavy atom. The lowest BCUT2D eigenvalue weighted by molar-refractivity contribution is 0.178. The first-order valence-corrected chi connectivity index (χ1v) is 7.97. The highest BCUT2D eigenvalue weighted by molar-refractivity contribution is 7.90. The number of aromatic nitrogens is 2. The number of benzene rings is 1. The molecule has 1 heterocycles. The molecule has 0 fully saturated rings. The Balaban J connectivity index is 2.22. The van der Waals surface area contributed by atoms with Crippen LogP contribution in [0.2, 0.25) is 0 Å². The third kappa shape index (κ3) is 4.14. The third-order valence-corrected chi connectivity index (χ3v) is 3.75. The minimum absolute atomic E-state index is 0.257. The number of methoxy groups -OCH3 is 1. The fraction of sp³-hybridized carbons (Fsp3) is 0.231. The molecule has 0 radical (unpaired) electrons. The number of nitrogen functional groups attached to an aromatic ring is 1. The largest absolute Gasteiger partial charge is 0.384 e. The highest BCUT2D eigenvalue weighted by atomic mass is 32.2.